The van der Waals surface area contributed by atoms with Crippen molar-refractivity contribution in [1.82, 2.24) is 0 Å². The van der Waals surface area contributed by atoms with Crippen LogP contribution >= 0.6 is 0 Å². The Balaban J connectivity index is 1.74. The summed E-state index contributed by atoms with van der Waals surface area (Å²) in [5.41, 5.74) is 3.94. The molecule has 6 rings (SSSR count). The first-order valence-electron chi connectivity index (χ1n) is 10.0. The molecule has 2 aliphatic rings. The maximum absolute atomic E-state index is 10.5. The highest BCUT2D eigenvalue weighted by atomic mass is 16.3. The highest BCUT2D eigenvalue weighted by Crippen LogP contribution is 2.45. The van der Waals surface area contributed by atoms with Gasteiger partial charge in [-0.3, -0.25) is 0 Å². The summed E-state index contributed by atoms with van der Waals surface area (Å²) in [6.45, 7) is 0. The Kier molecular flexibility index (Phi) is 3.37. The van der Waals surface area contributed by atoms with Crippen molar-refractivity contribution >= 4 is 32.3 Å². The van der Waals surface area contributed by atoms with Gasteiger partial charge in [0.15, 0.2) is 0 Å². The van der Waals surface area contributed by atoms with Crippen molar-refractivity contribution in [2.45, 2.75) is 50.1 Å². The Bertz CT molecular complexity index is 1150. The van der Waals surface area contributed by atoms with E-state index in [1.807, 2.05) is 12.1 Å². The molecule has 4 atom stereocenters. The monoisotopic (exact) mass is 374 g/mol. The minimum atomic E-state index is -0.838. The lowest BCUT2D eigenvalue weighted by molar-refractivity contribution is 0.00679. The van der Waals surface area contributed by atoms with E-state index in [4.69, 9.17) is 0 Å². The van der Waals surface area contributed by atoms with Crippen LogP contribution in [0, 0.1) is 0 Å². The average Bonchev–Trinajstić information content (AvgIpc) is 2.71. The minimum absolute atomic E-state index is 0.567. The summed E-state index contributed by atoms with van der Waals surface area (Å²) in [5.74, 6) is 0. The molecule has 142 valence electrons. The molecule has 0 saturated heterocycles. The van der Waals surface area contributed by atoms with Gasteiger partial charge in [0.1, 0.15) is 12.2 Å². The van der Waals surface area contributed by atoms with Gasteiger partial charge in [0.2, 0.25) is 0 Å². The van der Waals surface area contributed by atoms with E-state index in [2.05, 4.69) is 24.3 Å². The summed E-state index contributed by atoms with van der Waals surface area (Å²) >= 11 is 0. The third-order valence-corrected chi connectivity index (χ3v) is 6.94. The lowest BCUT2D eigenvalue weighted by atomic mass is 9.78. The Labute approximate surface area is 162 Å². The van der Waals surface area contributed by atoms with Crippen molar-refractivity contribution in [2.24, 2.45) is 0 Å². The first-order chi connectivity index (χ1) is 13.5. The largest absolute Gasteiger partial charge is 0.390 e. The van der Waals surface area contributed by atoms with Crippen LogP contribution in [0.3, 0.4) is 0 Å². The molecule has 0 spiro atoms. The van der Waals surface area contributed by atoms with E-state index in [0.29, 0.717) is 12.8 Å². The first-order valence-corrected chi connectivity index (χ1v) is 10.0. The zero-order chi connectivity index (χ0) is 19.2. The standard InChI is InChI=1S/C24H22O4/c25-19-7-5-13-15-3-4-16-14-6-8-20(26)24(28)18(14)10-12-2-1-11(21(15)22(12)16)9-17(13)23(19)27/h1-4,9-10,19-20,23-28H,5-8H2/t19-,20+,23-,24+. The van der Waals surface area contributed by atoms with Crippen LogP contribution in [0.25, 0.3) is 32.3 Å². The van der Waals surface area contributed by atoms with Crippen LogP contribution in [0.15, 0.2) is 36.4 Å². The SMILES string of the molecule is O[C@@H]1CCc2c(cc3ccc4cc5c(c6ccc2c3c46)CC[C@H](O)[C@H]5O)[C@H]1O. The van der Waals surface area contributed by atoms with Crippen molar-refractivity contribution in [3.63, 3.8) is 0 Å². The second-order valence-electron chi connectivity index (χ2n) is 8.41. The number of benzene rings is 4. The van der Waals surface area contributed by atoms with Gasteiger partial charge in [0.05, 0.1) is 12.2 Å². The lowest BCUT2D eigenvalue weighted by Crippen LogP contribution is -2.25. The zero-order valence-corrected chi connectivity index (χ0v) is 15.4. The topological polar surface area (TPSA) is 80.9 Å². The molecule has 0 aliphatic heterocycles. The molecule has 4 N–H and O–H groups in total. The van der Waals surface area contributed by atoms with Crippen molar-refractivity contribution in [3.05, 3.63) is 58.7 Å². The summed E-state index contributed by atoms with van der Waals surface area (Å²) in [4.78, 5) is 0. The maximum atomic E-state index is 10.5. The van der Waals surface area contributed by atoms with Crippen LogP contribution in [-0.4, -0.2) is 32.6 Å². The Morgan fingerprint density at radius 1 is 0.607 bits per heavy atom. The molecule has 0 amide bonds. The van der Waals surface area contributed by atoms with Crippen LogP contribution in [0.1, 0.15) is 47.3 Å². The molecule has 4 nitrogen and oxygen atoms in total. The fourth-order valence-electron chi connectivity index (χ4n) is 5.51. The van der Waals surface area contributed by atoms with Crippen LogP contribution in [0.4, 0.5) is 0 Å². The summed E-state index contributed by atoms with van der Waals surface area (Å²) in [5, 5.41) is 48.1. The number of aliphatic hydroxyl groups is 4. The van der Waals surface area contributed by atoms with Crippen molar-refractivity contribution in [1.29, 1.82) is 0 Å². The maximum Gasteiger partial charge on any atom is 0.105 e. The van der Waals surface area contributed by atoms with Crippen molar-refractivity contribution in [2.75, 3.05) is 0 Å². The number of hydrogen-bond donors (Lipinski definition) is 4. The molecular formula is C24H22O4. The number of fused-ring (bicyclic) bond motifs is 4. The smallest absolute Gasteiger partial charge is 0.105 e. The second kappa shape index (κ2) is 5.65. The molecule has 0 bridgehead atoms. The molecule has 0 fully saturated rings. The van der Waals surface area contributed by atoms with Gasteiger partial charge in [-0.15, -0.1) is 0 Å². The lowest BCUT2D eigenvalue weighted by Gasteiger charge is -2.30. The van der Waals surface area contributed by atoms with E-state index >= 15 is 0 Å². The fourth-order valence-corrected chi connectivity index (χ4v) is 5.51. The van der Waals surface area contributed by atoms with Gasteiger partial charge in [-0.1, -0.05) is 24.3 Å². The van der Waals surface area contributed by atoms with E-state index < -0.39 is 24.4 Å². The average molecular weight is 374 g/mol. The van der Waals surface area contributed by atoms with E-state index in [-0.39, 0.29) is 0 Å². The minimum Gasteiger partial charge on any atom is -0.390 e. The van der Waals surface area contributed by atoms with Gasteiger partial charge in [0, 0.05) is 0 Å². The Morgan fingerprint density at radius 2 is 1.04 bits per heavy atom. The fraction of sp³-hybridized carbons (Fsp3) is 0.333. The molecule has 4 aromatic carbocycles. The first kappa shape index (κ1) is 16.7. The molecule has 2 aliphatic carbocycles. The van der Waals surface area contributed by atoms with Gasteiger partial charge in [0.25, 0.3) is 0 Å². The highest BCUT2D eigenvalue weighted by molar-refractivity contribution is 6.24. The van der Waals surface area contributed by atoms with E-state index in [1.54, 1.807) is 0 Å². The number of hydrogen-bond acceptors (Lipinski definition) is 4. The molecule has 28 heavy (non-hydrogen) atoms. The van der Waals surface area contributed by atoms with Crippen LogP contribution in [-0.2, 0) is 12.8 Å². The van der Waals surface area contributed by atoms with E-state index in [9.17, 15) is 20.4 Å². The van der Waals surface area contributed by atoms with Gasteiger partial charge in [-0.25, -0.2) is 0 Å². The highest BCUT2D eigenvalue weighted by Gasteiger charge is 2.31. The van der Waals surface area contributed by atoms with Crippen LogP contribution in [0.2, 0.25) is 0 Å². The number of aliphatic hydroxyl groups excluding tert-OH is 4. The van der Waals surface area contributed by atoms with Crippen LogP contribution in [0.5, 0.6) is 0 Å². The second-order valence-corrected chi connectivity index (χ2v) is 8.41. The summed E-state index contributed by atoms with van der Waals surface area (Å²) in [6, 6.07) is 12.4. The summed E-state index contributed by atoms with van der Waals surface area (Å²) in [7, 11) is 0. The number of aryl methyl sites for hydroxylation is 2. The molecule has 0 aromatic heterocycles. The molecule has 0 heterocycles. The summed E-state index contributed by atoms with van der Waals surface area (Å²) in [6.07, 6.45) is -0.448. The van der Waals surface area contributed by atoms with E-state index in [1.165, 1.54) is 10.8 Å². The quantitative estimate of drug-likeness (QED) is 0.356. The third-order valence-electron chi connectivity index (χ3n) is 6.94. The molecule has 4 heteroatoms. The predicted octanol–water partition coefficient (Wildman–Crippen LogP) is 3.27. The van der Waals surface area contributed by atoms with Crippen LogP contribution < -0.4 is 0 Å². The summed E-state index contributed by atoms with van der Waals surface area (Å²) < 4.78 is 0. The molecule has 0 unspecified atom stereocenters. The van der Waals surface area contributed by atoms with Crippen molar-refractivity contribution < 1.29 is 20.4 Å². The molecule has 0 saturated carbocycles. The molecule has 0 radical (unpaired) electrons. The Hall–Kier alpha value is -2.24. The van der Waals surface area contributed by atoms with Gasteiger partial charge in [-0.2, -0.15) is 0 Å². The normalized spacial score (nSPS) is 27.4. The molecule has 4 aromatic rings. The van der Waals surface area contributed by atoms with Gasteiger partial charge in [-0.05, 0) is 92.4 Å². The number of rotatable bonds is 0. The van der Waals surface area contributed by atoms with Gasteiger partial charge >= 0.3 is 0 Å². The Morgan fingerprint density at radius 3 is 1.46 bits per heavy atom. The van der Waals surface area contributed by atoms with Crippen molar-refractivity contribution in [3.8, 4) is 0 Å². The van der Waals surface area contributed by atoms with Gasteiger partial charge < -0.3 is 20.4 Å². The predicted molar refractivity (Wildman–Crippen MR) is 109 cm³/mol. The molecular weight excluding hydrogens is 352 g/mol. The van der Waals surface area contributed by atoms with E-state index in [0.717, 1.165) is 56.6 Å². The third kappa shape index (κ3) is 2.04. The zero-order valence-electron chi connectivity index (χ0n) is 15.4.